The third kappa shape index (κ3) is 2.06. The lowest BCUT2D eigenvalue weighted by molar-refractivity contribution is -0.119. The van der Waals surface area contributed by atoms with Gasteiger partial charge in [0.2, 0.25) is 0 Å². The summed E-state index contributed by atoms with van der Waals surface area (Å²) in [7, 11) is 1.47. The Morgan fingerprint density at radius 3 is 3.08 bits per heavy atom. The number of anilines is 1. The van der Waals surface area contributed by atoms with E-state index in [1.54, 1.807) is 6.20 Å². The minimum Gasteiger partial charge on any atom is -0.375 e. The van der Waals surface area contributed by atoms with Crippen LogP contribution in [0.15, 0.2) is 6.20 Å². The van der Waals surface area contributed by atoms with E-state index in [0.29, 0.717) is 5.82 Å². The number of aromatic nitrogens is 2. The van der Waals surface area contributed by atoms with Crippen LogP contribution >= 0.6 is 0 Å². The molecule has 5 nitrogen and oxygen atoms in total. The molecule has 2 N–H and O–H groups in total. The van der Waals surface area contributed by atoms with Gasteiger partial charge >= 0.3 is 0 Å². The molecular formula is C7H11N3O2. The summed E-state index contributed by atoms with van der Waals surface area (Å²) in [4.78, 5) is 11.0. The quantitative estimate of drug-likeness (QED) is 0.684. The van der Waals surface area contributed by atoms with Crippen molar-refractivity contribution in [2.75, 3.05) is 19.0 Å². The molecule has 0 aromatic carbocycles. The van der Waals surface area contributed by atoms with Gasteiger partial charge in [-0.2, -0.15) is 5.10 Å². The summed E-state index contributed by atoms with van der Waals surface area (Å²) in [6.07, 6.45) is 1.64. The van der Waals surface area contributed by atoms with Gasteiger partial charge in [0.25, 0.3) is 5.91 Å². The third-order valence-corrected chi connectivity index (χ3v) is 1.37. The lowest BCUT2D eigenvalue weighted by Crippen LogP contribution is -2.17. The SMILES string of the molecule is COCC(=O)Nc1[nH]ncc1C. The Bertz CT molecular complexity index is 269. The highest BCUT2D eigenvalue weighted by atomic mass is 16.5. The molecule has 0 aliphatic rings. The van der Waals surface area contributed by atoms with Crippen molar-refractivity contribution in [1.82, 2.24) is 10.2 Å². The maximum atomic E-state index is 11.0. The van der Waals surface area contributed by atoms with Gasteiger partial charge in [-0.05, 0) is 6.92 Å². The predicted octanol–water partition coefficient (Wildman–Crippen LogP) is 0.303. The highest BCUT2D eigenvalue weighted by molar-refractivity contribution is 5.91. The number of carbonyl (C=O) groups is 1. The number of nitrogens with zero attached hydrogens (tertiary/aromatic N) is 1. The molecule has 12 heavy (non-hydrogen) atoms. The summed E-state index contributed by atoms with van der Waals surface area (Å²) >= 11 is 0. The predicted molar refractivity (Wildman–Crippen MR) is 43.8 cm³/mol. The van der Waals surface area contributed by atoms with Crippen LogP contribution < -0.4 is 5.32 Å². The van der Waals surface area contributed by atoms with Crippen LogP contribution in [0.25, 0.3) is 0 Å². The van der Waals surface area contributed by atoms with Crippen molar-refractivity contribution in [3.05, 3.63) is 11.8 Å². The van der Waals surface area contributed by atoms with E-state index in [2.05, 4.69) is 20.3 Å². The van der Waals surface area contributed by atoms with Crippen LogP contribution in [-0.2, 0) is 9.53 Å². The van der Waals surface area contributed by atoms with Crippen molar-refractivity contribution in [3.8, 4) is 0 Å². The average molecular weight is 169 g/mol. The second kappa shape index (κ2) is 3.87. The Kier molecular flexibility index (Phi) is 2.82. The number of ether oxygens (including phenoxy) is 1. The minimum absolute atomic E-state index is 0.0540. The van der Waals surface area contributed by atoms with Gasteiger partial charge in [0, 0.05) is 12.7 Å². The monoisotopic (exact) mass is 169 g/mol. The highest BCUT2D eigenvalue weighted by Gasteiger charge is 2.04. The maximum absolute atomic E-state index is 11.0. The third-order valence-electron chi connectivity index (χ3n) is 1.37. The van der Waals surface area contributed by atoms with E-state index in [4.69, 9.17) is 0 Å². The summed E-state index contributed by atoms with van der Waals surface area (Å²) in [6.45, 7) is 1.91. The first kappa shape index (κ1) is 8.73. The van der Waals surface area contributed by atoms with E-state index in [9.17, 15) is 4.79 Å². The molecule has 1 aromatic rings. The Morgan fingerprint density at radius 2 is 2.58 bits per heavy atom. The molecule has 1 rings (SSSR count). The zero-order valence-electron chi connectivity index (χ0n) is 7.05. The second-order valence-corrected chi connectivity index (χ2v) is 2.41. The van der Waals surface area contributed by atoms with Crippen LogP contribution in [0.3, 0.4) is 0 Å². The van der Waals surface area contributed by atoms with Crippen molar-refractivity contribution >= 4 is 11.7 Å². The lowest BCUT2D eigenvalue weighted by atomic mass is 10.4. The number of carbonyl (C=O) groups excluding carboxylic acids is 1. The fourth-order valence-electron chi connectivity index (χ4n) is 0.780. The van der Waals surface area contributed by atoms with Crippen LogP contribution in [-0.4, -0.2) is 29.8 Å². The molecule has 1 heterocycles. The molecular weight excluding hydrogens is 158 g/mol. The van der Waals surface area contributed by atoms with E-state index < -0.39 is 0 Å². The van der Waals surface area contributed by atoms with Gasteiger partial charge in [-0.1, -0.05) is 0 Å². The van der Waals surface area contributed by atoms with Gasteiger partial charge in [0.1, 0.15) is 12.4 Å². The number of amides is 1. The normalized spacial score (nSPS) is 9.83. The van der Waals surface area contributed by atoms with Crippen molar-refractivity contribution in [2.24, 2.45) is 0 Å². The van der Waals surface area contributed by atoms with Crippen LogP contribution in [0, 0.1) is 6.92 Å². The smallest absolute Gasteiger partial charge is 0.251 e. The molecule has 0 aliphatic heterocycles. The maximum Gasteiger partial charge on any atom is 0.251 e. The van der Waals surface area contributed by atoms with E-state index in [1.165, 1.54) is 7.11 Å². The fourth-order valence-corrected chi connectivity index (χ4v) is 0.780. The molecule has 0 spiro atoms. The van der Waals surface area contributed by atoms with Gasteiger partial charge in [0.15, 0.2) is 0 Å². The molecule has 66 valence electrons. The molecule has 1 amide bonds. The van der Waals surface area contributed by atoms with Crippen molar-refractivity contribution in [2.45, 2.75) is 6.92 Å². The Hall–Kier alpha value is -1.36. The van der Waals surface area contributed by atoms with Crippen molar-refractivity contribution < 1.29 is 9.53 Å². The zero-order valence-corrected chi connectivity index (χ0v) is 7.05. The Labute approximate surface area is 70.1 Å². The molecule has 0 atom stereocenters. The Morgan fingerprint density at radius 1 is 1.83 bits per heavy atom. The Balaban J connectivity index is 2.52. The van der Waals surface area contributed by atoms with Crippen molar-refractivity contribution in [3.63, 3.8) is 0 Å². The summed E-state index contributed by atoms with van der Waals surface area (Å²) in [5.41, 5.74) is 0.902. The van der Waals surface area contributed by atoms with Gasteiger partial charge in [-0.3, -0.25) is 9.89 Å². The van der Waals surface area contributed by atoms with Crippen LogP contribution in [0.1, 0.15) is 5.56 Å². The molecule has 0 unspecified atom stereocenters. The molecule has 5 heteroatoms. The number of rotatable bonds is 3. The van der Waals surface area contributed by atoms with Gasteiger partial charge < -0.3 is 10.1 Å². The highest BCUT2D eigenvalue weighted by Crippen LogP contribution is 2.07. The summed E-state index contributed by atoms with van der Waals surface area (Å²) in [6, 6.07) is 0. The van der Waals surface area contributed by atoms with Crippen LogP contribution in [0.4, 0.5) is 5.82 Å². The molecule has 0 saturated heterocycles. The number of H-pyrrole nitrogens is 1. The molecule has 0 fully saturated rings. The fraction of sp³-hybridized carbons (Fsp3) is 0.429. The zero-order chi connectivity index (χ0) is 8.97. The van der Waals surface area contributed by atoms with Gasteiger partial charge in [-0.25, -0.2) is 0 Å². The van der Waals surface area contributed by atoms with E-state index in [1.807, 2.05) is 6.92 Å². The largest absolute Gasteiger partial charge is 0.375 e. The topological polar surface area (TPSA) is 67.0 Å². The number of methoxy groups -OCH3 is 1. The average Bonchev–Trinajstić information content (AvgIpc) is 2.37. The molecule has 0 saturated carbocycles. The molecule has 0 radical (unpaired) electrons. The number of aromatic amines is 1. The van der Waals surface area contributed by atoms with E-state index in [-0.39, 0.29) is 12.5 Å². The number of hydrogen-bond donors (Lipinski definition) is 2. The van der Waals surface area contributed by atoms with E-state index in [0.717, 1.165) is 5.56 Å². The molecule has 0 bridgehead atoms. The number of nitrogens with one attached hydrogen (secondary N) is 2. The molecule has 1 aromatic heterocycles. The number of hydrogen-bond acceptors (Lipinski definition) is 3. The summed E-state index contributed by atoms with van der Waals surface area (Å²) in [5, 5.41) is 9.02. The standard InChI is InChI=1S/C7H11N3O2/c1-5-3-8-10-7(5)9-6(11)4-12-2/h3H,4H2,1-2H3,(H2,8,9,10,11). The van der Waals surface area contributed by atoms with Crippen molar-refractivity contribution in [1.29, 1.82) is 0 Å². The van der Waals surface area contributed by atoms with Crippen LogP contribution in [0.5, 0.6) is 0 Å². The van der Waals surface area contributed by atoms with Crippen LogP contribution in [0.2, 0.25) is 0 Å². The van der Waals surface area contributed by atoms with Gasteiger partial charge in [0.05, 0.1) is 6.20 Å². The second-order valence-electron chi connectivity index (χ2n) is 2.41. The number of aryl methyl sites for hydroxylation is 1. The lowest BCUT2D eigenvalue weighted by Gasteiger charge is -2.01. The first-order valence-corrected chi connectivity index (χ1v) is 3.53. The minimum atomic E-state index is -0.190. The van der Waals surface area contributed by atoms with Gasteiger partial charge in [-0.15, -0.1) is 0 Å². The molecule has 0 aliphatic carbocycles. The summed E-state index contributed by atoms with van der Waals surface area (Å²) in [5.74, 6) is 0.432. The summed E-state index contributed by atoms with van der Waals surface area (Å²) < 4.78 is 4.65. The van der Waals surface area contributed by atoms with E-state index >= 15 is 0 Å². The first-order valence-electron chi connectivity index (χ1n) is 3.53. The first-order chi connectivity index (χ1) is 5.74.